The van der Waals surface area contributed by atoms with E-state index in [1.165, 1.54) is 48.5 Å². The Kier molecular flexibility index (Phi) is 5.77. The van der Waals surface area contributed by atoms with Gasteiger partial charge in [0.05, 0.1) is 5.56 Å². The van der Waals surface area contributed by atoms with Gasteiger partial charge < -0.3 is 15.2 Å². The molecular weight excluding hydrogens is 408 g/mol. The number of nitrogens with zero attached hydrogens (tertiary/aromatic N) is 2. The van der Waals surface area contributed by atoms with Gasteiger partial charge in [-0.25, -0.2) is 9.18 Å². The minimum Gasteiger partial charge on any atom is -0.478 e. The number of halogens is 2. The molecule has 2 aromatic carbocycles. The zero-order valence-electron chi connectivity index (χ0n) is 16.3. The average molecular weight is 427 g/mol. The average Bonchev–Trinajstić information content (AvgIpc) is 3.41. The molecule has 31 heavy (non-hydrogen) atoms. The van der Waals surface area contributed by atoms with E-state index >= 15 is 4.39 Å². The summed E-state index contributed by atoms with van der Waals surface area (Å²) in [6, 6.07) is 10.9. The third-order valence-corrected chi connectivity index (χ3v) is 5.10. The second kappa shape index (κ2) is 8.65. The lowest BCUT2D eigenvalue weighted by atomic mass is 10.1. The normalized spacial score (nSPS) is 15.7. The first kappa shape index (κ1) is 20.7. The van der Waals surface area contributed by atoms with E-state index in [0.29, 0.717) is 25.1 Å². The molecule has 1 fully saturated rings. The number of hydrogen-bond donors (Lipinski definition) is 2. The molecule has 0 aliphatic carbocycles. The van der Waals surface area contributed by atoms with E-state index < -0.39 is 23.5 Å². The quantitative estimate of drug-likeness (QED) is 0.628. The van der Waals surface area contributed by atoms with Crippen molar-refractivity contribution in [3.63, 3.8) is 0 Å². The molecule has 0 amide bonds. The Bertz CT molecular complexity index is 1120. The third-order valence-electron chi connectivity index (χ3n) is 5.10. The Morgan fingerprint density at radius 2 is 1.90 bits per heavy atom. The molecule has 0 bridgehead atoms. The van der Waals surface area contributed by atoms with Gasteiger partial charge >= 0.3 is 5.97 Å². The van der Waals surface area contributed by atoms with Crippen LogP contribution in [0, 0.1) is 11.6 Å². The van der Waals surface area contributed by atoms with Crippen molar-refractivity contribution < 1.29 is 28.2 Å². The van der Waals surface area contributed by atoms with Gasteiger partial charge in [0.2, 0.25) is 5.82 Å². The highest BCUT2D eigenvalue weighted by Gasteiger charge is 2.31. The largest absolute Gasteiger partial charge is 0.478 e. The molecular formula is C22H19F2N3O4. The molecule has 4 rings (SSSR count). The van der Waals surface area contributed by atoms with Gasteiger partial charge in [-0.05, 0) is 48.9 Å². The van der Waals surface area contributed by atoms with Gasteiger partial charge in [0, 0.05) is 18.0 Å². The van der Waals surface area contributed by atoms with Crippen LogP contribution < -0.4 is 10.1 Å². The van der Waals surface area contributed by atoms with Crippen LogP contribution in [0.3, 0.4) is 0 Å². The molecule has 1 atom stereocenters. The third kappa shape index (κ3) is 4.31. The Labute approximate surface area is 176 Å². The lowest BCUT2D eigenvalue weighted by Gasteiger charge is -2.09. The molecule has 0 spiro atoms. The van der Waals surface area contributed by atoms with E-state index in [4.69, 9.17) is 4.74 Å². The first-order valence-electron chi connectivity index (χ1n) is 9.68. The van der Waals surface area contributed by atoms with Gasteiger partial charge in [-0.15, -0.1) is 0 Å². The number of nitrogens with one attached hydrogen (secondary N) is 1. The summed E-state index contributed by atoms with van der Waals surface area (Å²) in [5.74, 6) is -3.63. The fourth-order valence-electron chi connectivity index (χ4n) is 3.45. The van der Waals surface area contributed by atoms with Crippen LogP contribution in [-0.4, -0.2) is 39.9 Å². The summed E-state index contributed by atoms with van der Waals surface area (Å²) in [4.78, 5) is 24.3. The molecule has 2 heterocycles. The molecule has 7 nitrogen and oxygen atoms in total. The van der Waals surface area contributed by atoms with Crippen LogP contribution in [-0.2, 0) is 6.61 Å². The minimum absolute atomic E-state index is 0.0325. The zero-order chi connectivity index (χ0) is 22.0. The SMILES string of the molecule is O=C(O)c1cccc(C(=O)n2nc(C3CCNC3)c(F)c2OCc2ccc(F)cc2)c1. The topological polar surface area (TPSA) is 93.5 Å². The highest BCUT2D eigenvalue weighted by molar-refractivity contribution is 5.99. The van der Waals surface area contributed by atoms with E-state index in [2.05, 4.69) is 10.4 Å². The number of hydrogen-bond acceptors (Lipinski definition) is 5. The summed E-state index contributed by atoms with van der Waals surface area (Å²) in [6.45, 7) is 1.12. The van der Waals surface area contributed by atoms with Gasteiger partial charge in [-0.1, -0.05) is 18.2 Å². The first-order chi connectivity index (χ1) is 14.9. The number of aromatic carboxylic acids is 1. The molecule has 1 aromatic heterocycles. The Morgan fingerprint density at radius 3 is 2.58 bits per heavy atom. The number of carboxylic acids is 1. The lowest BCUT2D eigenvalue weighted by Crippen LogP contribution is -2.17. The predicted molar refractivity (Wildman–Crippen MR) is 106 cm³/mol. The van der Waals surface area contributed by atoms with Crippen molar-refractivity contribution in [2.24, 2.45) is 0 Å². The molecule has 0 saturated carbocycles. The molecule has 1 saturated heterocycles. The number of carboxylic acid groups (broad SMARTS) is 1. The first-order valence-corrected chi connectivity index (χ1v) is 9.68. The number of ether oxygens (including phenoxy) is 1. The summed E-state index contributed by atoms with van der Waals surface area (Å²) in [6.07, 6.45) is 0.661. The molecule has 0 radical (unpaired) electrons. The smallest absolute Gasteiger partial charge is 0.335 e. The predicted octanol–water partition coefficient (Wildman–Crippen LogP) is 3.20. The fraction of sp³-hybridized carbons (Fsp3) is 0.227. The van der Waals surface area contributed by atoms with Gasteiger partial charge in [-0.2, -0.15) is 14.2 Å². The summed E-state index contributed by atoms with van der Waals surface area (Å²) >= 11 is 0. The van der Waals surface area contributed by atoms with E-state index in [1.54, 1.807) is 0 Å². The van der Waals surface area contributed by atoms with Gasteiger partial charge in [0.25, 0.3) is 11.8 Å². The second-order valence-electron chi connectivity index (χ2n) is 7.21. The maximum Gasteiger partial charge on any atom is 0.335 e. The van der Waals surface area contributed by atoms with E-state index in [0.717, 1.165) is 4.68 Å². The van der Waals surface area contributed by atoms with Crippen molar-refractivity contribution >= 4 is 11.9 Å². The number of carbonyl (C=O) groups excluding carboxylic acids is 1. The summed E-state index contributed by atoms with van der Waals surface area (Å²) < 4.78 is 34.8. The van der Waals surface area contributed by atoms with Gasteiger partial charge in [0.1, 0.15) is 18.1 Å². The minimum atomic E-state index is -1.19. The lowest BCUT2D eigenvalue weighted by molar-refractivity contribution is 0.0697. The standard InChI is InChI=1S/C22H19F2N3O4/c23-17-6-4-13(5-7-17)12-31-21-18(24)19(16-8-9-25-11-16)26-27(21)20(28)14-2-1-3-15(10-14)22(29)30/h1-7,10,16,25H,8-9,11-12H2,(H,29,30). The second-order valence-corrected chi connectivity index (χ2v) is 7.21. The van der Waals surface area contributed by atoms with Crippen molar-refractivity contribution in [2.45, 2.75) is 18.9 Å². The van der Waals surface area contributed by atoms with Crippen LogP contribution in [0.25, 0.3) is 0 Å². The number of aromatic nitrogens is 2. The van der Waals surface area contributed by atoms with Crippen molar-refractivity contribution in [1.82, 2.24) is 15.1 Å². The van der Waals surface area contributed by atoms with Crippen LogP contribution in [0.15, 0.2) is 48.5 Å². The maximum atomic E-state index is 15.3. The molecule has 2 N–H and O–H groups in total. The van der Waals surface area contributed by atoms with Crippen LogP contribution in [0.1, 0.15) is 44.3 Å². The van der Waals surface area contributed by atoms with Crippen molar-refractivity contribution in [3.05, 3.63) is 82.5 Å². The van der Waals surface area contributed by atoms with Crippen molar-refractivity contribution in [3.8, 4) is 5.88 Å². The fourth-order valence-corrected chi connectivity index (χ4v) is 3.45. The monoisotopic (exact) mass is 427 g/mol. The van der Waals surface area contributed by atoms with E-state index in [9.17, 15) is 19.1 Å². The summed E-state index contributed by atoms with van der Waals surface area (Å²) in [5.41, 5.74) is 0.650. The molecule has 3 aromatic rings. The van der Waals surface area contributed by atoms with Gasteiger partial charge in [0.15, 0.2) is 0 Å². The molecule has 1 unspecified atom stereocenters. The van der Waals surface area contributed by atoms with Crippen LogP contribution >= 0.6 is 0 Å². The van der Waals surface area contributed by atoms with Gasteiger partial charge in [-0.3, -0.25) is 4.79 Å². The van der Waals surface area contributed by atoms with Crippen molar-refractivity contribution in [2.75, 3.05) is 13.1 Å². The molecule has 1 aliphatic rings. The summed E-state index contributed by atoms with van der Waals surface area (Å²) in [5, 5.41) is 16.5. The maximum absolute atomic E-state index is 15.3. The Morgan fingerprint density at radius 1 is 1.16 bits per heavy atom. The molecule has 9 heteroatoms. The Hall–Kier alpha value is -3.59. The highest BCUT2D eigenvalue weighted by Crippen LogP contribution is 2.31. The van der Waals surface area contributed by atoms with Crippen LogP contribution in [0.5, 0.6) is 5.88 Å². The zero-order valence-corrected chi connectivity index (χ0v) is 16.3. The van der Waals surface area contributed by atoms with Crippen molar-refractivity contribution in [1.29, 1.82) is 0 Å². The number of benzene rings is 2. The van der Waals surface area contributed by atoms with E-state index in [-0.39, 0.29) is 35.2 Å². The van der Waals surface area contributed by atoms with E-state index in [1.807, 2.05) is 0 Å². The number of rotatable bonds is 6. The Balaban J connectivity index is 1.70. The highest BCUT2D eigenvalue weighted by atomic mass is 19.1. The molecule has 160 valence electrons. The summed E-state index contributed by atoms with van der Waals surface area (Å²) in [7, 11) is 0. The molecule has 1 aliphatic heterocycles. The number of carbonyl (C=O) groups is 2. The van der Waals surface area contributed by atoms with Crippen LogP contribution in [0.2, 0.25) is 0 Å². The van der Waals surface area contributed by atoms with Crippen LogP contribution in [0.4, 0.5) is 8.78 Å².